The van der Waals surface area contributed by atoms with Crippen molar-refractivity contribution in [3.8, 4) is 5.75 Å². The largest absolute Gasteiger partial charge is 0.494 e. The van der Waals surface area contributed by atoms with E-state index >= 15 is 0 Å². The minimum absolute atomic E-state index is 0.121. The van der Waals surface area contributed by atoms with Crippen molar-refractivity contribution in [2.75, 3.05) is 19.8 Å². The molecule has 2 unspecified atom stereocenters. The van der Waals surface area contributed by atoms with Crippen LogP contribution in [0.15, 0.2) is 24.3 Å². The SMILES string of the molecule is CCOc1ccc(C(C)NCC2COC(C)(C)O2)cc1. The molecular weight excluding hydrogens is 254 g/mol. The van der Waals surface area contributed by atoms with Crippen molar-refractivity contribution in [1.82, 2.24) is 5.32 Å². The van der Waals surface area contributed by atoms with Gasteiger partial charge < -0.3 is 19.5 Å². The number of ether oxygens (including phenoxy) is 3. The van der Waals surface area contributed by atoms with Gasteiger partial charge in [-0.2, -0.15) is 0 Å². The zero-order chi connectivity index (χ0) is 14.6. The van der Waals surface area contributed by atoms with Crippen molar-refractivity contribution >= 4 is 0 Å². The lowest BCUT2D eigenvalue weighted by Gasteiger charge is -2.19. The first-order valence-electron chi connectivity index (χ1n) is 7.28. The van der Waals surface area contributed by atoms with Gasteiger partial charge in [0.1, 0.15) is 5.75 Å². The number of hydrogen-bond donors (Lipinski definition) is 1. The number of benzene rings is 1. The quantitative estimate of drug-likeness (QED) is 0.869. The van der Waals surface area contributed by atoms with Crippen molar-refractivity contribution in [1.29, 1.82) is 0 Å². The van der Waals surface area contributed by atoms with E-state index in [1.54, 1.807) is 0 Å². The smallest absolute Gasteiger partial charge is 0.163 e. The lowest BCUT2D eigenvalue weighted by Crippen LogP contribution is -2.32. The van der Waals surface area contributed by atoms with Crippen LogP contribution in [0, 0.1) is 0 Å². The average molecular weight is 279 g/mol. The molecule has 1 fully saturated rings. The highest BCUT2D eigenvalue weighted by atomic mass is 16.7. The van der Waals surface area contributed by atoms with E-state index in [4.69, 9.17) is 14.2 Å². The fraction of sp³-hybridized carbons (Fsp3) is 0.625. The van der Waals surface area contributed by atoms with Crippen molar-refractivity contribution in [2.45, 2.75) is 45.6 Å². The van der Waals surface area contributed by atoms with E-state index in [2.05, 4.69) is 24.4 Å². The molecule has 112 valence electrons. The standard InChI is InChI=1S/C16H25NO3/c1-5-18-14-8-6-13(7-9-14)12(2)17-10-15-11-19-16(3,4)20-15/h6-9,12,15,17H,5,10-11H2,1-4H3. The molecule has 1 aromatic rings. The normalized spacial score (nSPS) is 22.7. The summed E-state index contributed by atoms with van der Waals surface area (Å²) < 4.78 is 16.8. The first-order chi connectivity index (χ1) is 9.50. The summed E-state index contributed by atoms with van der Waals surface area (Å²) >= 11 is 0. The van der Waals surface area contributed by atoms with Crippen LogP contribution >= 0.6 is 0 Å². The summed E-state index contributed by atoms with van der Waals surface area (Å²) in [4.78, 5) is 0. The molecule has 1 N–H and O–H groups in total. The Morgan fingerprint density at radius 2 is 2.05 bits per heavy atom. The summed E-state index contributed by atoms with van der Waals surface area (Å²) in [6.45, 7) is 10.2. The van der Waals surface area contributed by atoms with Crippen molar-refractivity contribution in [3.05, 3.63) is 29.8 Å². The summed E-state index contributed by atoms with van der Waals surface area (Å²) in [7, 11) is 0. The second kappa shape index (κ2) is 6.57. The van der Waals surface area contributed by atoms with Crippen LogP contribution in [0.4, 0.5) is 0 Å². The molecule has 0 spiro atoms. The Labute approximate surface area is 121 Å². The molecule has 1 aliphatic heterocycles. The molecule has 0 bridgehead atoms. The number of rotatable bonds is 6. The van der Waals surface area contributed by atoms with Crippen LogP contribution in [0.1, 0.15) is 39.3 Å². The van der Waals surface area contributed by atoms with Crippen molar-refractivity contribution < 1.29 is 14.2 Å². The highest BCUT2D eigenvalue weighted by molar-refractivity contribution is 5.28. The Morgan fingerprint density at radius 1 is 1.35 bits per heavy atom. The molecule has 1 saturated heterocycles. The molecule has 0 aliphatic carbocycles. The molecule has 4 nitrogen and oxygen atoms in total. The second-order valence-electron chi connectivity index (χ2n) is 5.58. The third-order valence-electron chi connectivity index (χ3n) is 3.41. The minimum atomic E-state index is -0.450. The van der Waals surface area contributed by atoms with E-state index < -0.39 is 5.79 Å². The van der Waals surface area contributed by atoms with Crippen LogP contribution in [-0.2, 0) is 9.47 Å². The predicted molar refractivity (Wildman–Crippen MR) is 78.9 cm³/mol. The van der Waals surface area contributed by atoms with Gasteiger partial charge in [-0.3, -0.25) is 0 Å². The summed E-state index contributed by atoms with van der Waals surface area (Å²) in [6, 6.07) is 8.49. The highest BCUT2D eigenvalue weighted by Crippen LogP contribution is 2.23. The molecule has 4 heteroatoms. The molecule has 20 heavy (non-hydrogen) atoms. The zero-order valence-electron chi connectivity index (χ0n) is 12.8. The van der Waals surface area contributed by atoms with Gasteiger partial charge in [-0.1, -0.05) is 12.1 Å². The van der Waals surface area contributed by atoms with Crippen LogP contribution in [0.5, 0.6) is 5.75 Å². The molecule has 0 aromatic heterocycles. The van der Waals surface area contributed by atoms with Gasteiger partial charge in [-0.25, -0.2) is 0 Å². The minimum Gasteiger partial charge on any atom is -0.494 e. The van der Waals surface area contributed by atoms with Crippen molar-refractivity contribution in [3.63, 3.8) is 0 Å². The highest BCUT2D eigenvalue weighted by Gasteiger charge is 2.32. The molecule has 1 aromatic carbocycles. The Hall–Kier alpha value is -1.10. The van der Waals surface area contributed by atoms with Crippen LogP contribution in [0.2, 0.25) is 0 Å². The fourth-order valence-corrected chi connectivity index (χ4v) is 2.31. The fourth-order valence-electron chi connectivity index (χ4n) is 2.31. The van der Waals surface area contributed by atoms with Gasteiger partial charge in [-0.15, -0.1) is 0 Å². The van der Waals surface area contributed by atoms with E-state index in [0.717, 1.165) is 12.3 Å². The number of nitrogens with one attached hydrogen (secondary N) is 1. The monoisotopic (exact) mass is 279 g/mol. The lowest BCUT2D eigenvalue weighted by atomic mass is 10.1. The van der Waals surface area contributed by atoms with Gasteiger partial charge in [0, 0.05) is 12.6 Å². The third kappa shape index (κ3) is 4.20. The first-order valence-corrected chi connectivity index (χ1v) is 7.28. The average Bonchev–Trinajstić information content (AvgIpc) is 2.77. The van der Waals surface area contributed by atoms with Crippen LogP contribution in [-0.4, -0.2) is 31.6 Å². The van der Waals surface area contributed by atoms with Gasteiger partial charge in [0.15, 0.2) is 5.79 Å². The molecule has 0 saturated carbocycles. The summed E-state index contributed by atoms with van der Waals surface area (Å²) in [5, 5.41) is 3.48. The molecule has 0 radical (unpaired) electrons. The second-order valence-corrected chi connectivity index (χ2v) is 5.58. The Balaban J connectivity index is 1.81. The number of hydrogen-bond acceptors (Lipinski definition) is 4. The van der Waals surface area contributed by atoms with Crippen molar-refractivity contribution in [2.24, 2.45) is 0 Å². The lowest BCUT2D eigenvalue weighted by molar-refractivity contribution is -0.137. The summed E-state index contributed by atoms with van der Waals surface area (Å²) in [6.07, 6.45) is 0.121. The van der Waals surface area contributed by atoms with Gasteiger partial charge in [0.05, 0.1) is 19.3 Å². The maximum absolute atomic E-state index is 5.78. The van der Waals surface area contributed by atoms with E-state index in [1.807, 2.05) is 32.9 Å². The summed E-state index contributed by atoms with van der Waals surface area (Å²) in [5.41, 5.74) is 1.24. The van der Waals surface area contributed by atoms with Crippen LogP contribution < -0.4 is 10.1 Å². The predicted octanol–water partition coefficient (Wildman–Crippen LogP) is 2.89. The van der Waals surface area contributed by atoms with Crippen LogP contribution in [0.25, 0.3) is 0 Å². The first kappa shape index (κ1) is 15.3. The zero-order valence-corrected chi connectivity index (χ0v) is 12.8. The van der Waals surface area contributed by atoms with Gasteiger partial charge in [0.2, 0.25) is 0 Å². The molecule has 0 amide bonds. The Kier molecular flexibility index (Phi) is 5.02. The van der Waals surface area contributed by atoms with Crippen LogP contribution in [0.3, 0.4) is 0 Å². The Bertz CT molecular complexity index is 416. The molecular formula is C16H25NO3. The van der Waals surface area contributed by atoms with E-state index in [1.165, 1.54) is 5.56 Å². The van der Waals surface area contributed by atoms with Gasteiger partial charge in [-0.05, 0) is 45.4 Å². The molecule has 2 atom stereocenters. The molecule has 2 rings (SSSR count). The Morgan fingerprint density at radius 3 is 2.60 bits per heavy atom. The summed E-state index contributed by atoms with van der Waals surface area (Å²) in [5.74, 6) is 0.465. The van der Waals surface area contributed by atoms with Gasteiger partial charge in [0.25, 0.3) is 0 Å². The van der Waals surface area contributed by atoms with Gasteiger partial charge >= 0.3 is 0 Å². The van der Waals surface area contributed by atoms with E-state index in [9.17, 15) is 0 Å². The third-order valence-corrected chi connectivity index (χ3v) is 3.41. The molecule has 1 aliphatic rings. The maximum Gasteiger partial charge on any atom is 0.163 e. The van der Waals surface area contributed by atoms with E-state index in [0.29, 0.717) is 13.2 Å². The maximum atomic E-state index is 5.78. The molecule has 1 heterocycles. The topological polar surface area (TPSA) is 39.7 Å². The van der Waals surface area contributed by atoms with E-state index in [-0.39, 0.29) is 12.1 Å².